The molecule has 3 aromatic heterocycles. The number of amides is 1. The van der Waals surface area contributed by atoms with Crippen molar-refractivity contribution in [3.63, 3.8) is 0 Å². The van der Waals surface area contributed by atoms with E-state index in [1.54, 1.807) is 6.07 Å². The number of fused-ring (bicyclic) bond motifs is 1. The standard InChI is InChI=1S/C25H19F3N6O3/c26-25(27,28)18-8-4-5-16(11-18)14-33-15-30-22-19(24(33)36)13-31-34(22)10-9-29-23(35)20-12-21(37-32-20)17-6-2-1-3-7-17/h1-8,11-13,15H,9-10,14H2,(H,29,35). The largest absolute Gasteiger partial charge is 0.416 e. The van der Waals surface area contributed by atoms with Gasteiger partial charge >= 0.3 is 6.18 Å². The highest BCUT2D eigenvalue weighted by Gasteiger charge is 2.30. The molecule has 0 aliphatic heterocycles. The summed E-state index contributed by atoms with van der Waals surface area (Å²) in [6.45, 7) is 0.330. The SMILES string of the molecule is O=C(NCCn1ncc2c(=O)n(Cc3cccc(C(F)(F)F)c3)cnc21)c1cc(-c2ccccc2)on1. The van der Waals surface area contributed by atoms with E-state index < -0.39 is 23.2 Å². The van der Waals surface area contributed by atoms with Crippen LogP contribution in [-0.2, 0) is 19.3 Å². The molecule has 2 aromatic carbocycles. The summed E-state index contributed by atoms with van der Waals surface area (Å²) < 4.78 is 46.9. The van der Waals surface area contributed by atoms with Gasteiger partial charge in [-0.3, -0.25) is 14.2 Å². The predicted molar refractivity (Wildman–Crippen MR) is 127 cm³/mol. The number of carbonyl (C=O) groups excluding carboxylic acids is 1. The van der Waals surface area contributed by atoms with Crippen LogP contribution in [0.3, 0.4) is 0 Å². The first-order valence-corrected chi connectivity index (χ1v) is 11.2. The minimum atomic E-state index is -4.47. The highest BCUT2D eigenvalue weighted by atomic mass is 19.4. The van der Waals surface area contributed by atoms with Gasteiger partial charge in [0.1, 0.15) is 11.7 Å². The molecule has 0 radical (unpaired) electrons. The Balaban J connectivity index is 1.24. The fourth-order valence-electron chi connectivity index (χ4n) is 3.80. The Morgan fingerprint density at radius 2 is 1.86 bits per heavy atom. The van der Waals surface area contributed by atoms with E-state index in [0.29, 0.717) is 17.0 Å². The molecule has 0 atom stereocenters. The summed E-state index contributed by atoms with van der Waals surface area (Å²) in [4.78, 5) is 29.6. The first kappa shape index (κ1) is 24.0. The van der Waals surface area contributed by atoms with Gasteiger partial charge in [0, 0.05) is 18.2 Å². The average molecular weight is 508 g/mol. The number of nitrogens with zero attached hydrogens (tertiary/aromatic N) is 5. The van der Waals surface area contributed by atoms with Crippen molar-refractivity contribution in [2.24, 2.45) is 0 Å². The molecule has 5 aromatic rings. The first-order chi connectivity index (χ1) is 17.8. The smallest absolute Gasteiger partial charge is 0.355 e. The average Bonchev–Trinajstić information content (AvgIpc) is 3.54. The second kappa shape index (κ2) is 9.72. The fourth-order valence-corrected chi connectivity index (χ4v) is 3.80. The zero-order chi connectivity index (χ0) is 26.0. The van der Waals surface area contributed by atoms with Gasteiger partial charge in [-0.2, -0.15) is 18.3 Å². The number of rotatable bonds is 7. The minimum Gasteiger partial charge on any atom is -0.355 e. The molecule has 0 aliphatic carbocycles. The van der Waals surface area contributed by atoms with Crippen LogP contribution in [0, 0.1) is 0 Å². The van der Waals surface area contributed by atoms with Crippen molar-refractivity contribution in [1.29, 1.82) is 0 Å². The van der Waals surface area contributed by atoms with E-state index in [4.69, 9.17) is 4.52 Å². The van der Waals surface area contributed by atoms with Crippen LogP contribution in [0.2, 0.25) is 0 Å². The molecule has 0 saturated heterocycles. The summed E-state index contributed by atoms with van der Waals surface area (Å²) in [5.74, 6) is 0.0354. The number of hydrogen-bond donors (Lipinski definition) is 1. The molecule has 0 saturated carbocycles. The van der Waals surface area contributed by atoms with E-state index in [1.165, 1.54) is 33.9 Å². The summed E-state index contributed by atoms with van der Waals surface area (Å²) in [6, 6.07) is 15.6. The Bertz CT molecular complexity index is 1620. The molecule has 1 N–H and O–H groups in total. The molecule has 5 rings (SSSR count). The number of carbonyl (C=O) groups is 1. The van der Waals surface area contributed by atoms with Crippen LogP contribution in [-0.4, -0.2) is 36.9 Å². The van der Waals surface area contributed by atoms with Gasteiger partial charge in [-0.1, -0.05) is 47.6 Å². The second-order valence-electron chi connectivity index (χ2n) is 8.18. The van der Waals surface area contributed by atoms with Crippen molar-refractivity contribution >= 4 is 16.9 Å². The van der Waals surface area contributed by atoms with Crippen LogP contribution in [0.1, 0.15) is 21.6 Å². The van der Waals surface area contributed by atoms with Gasteiger partial charge in [-0.25, -0.2) is 9.67 Å². The van der Waals surface area contributed by atoms with E-state index >= 15 is 0 Å². The van der Waals surface area contributed by atoms with Gasteiger partial charge in [-0.15, -0.1) is 0 Å². The van der Waals surface area contributed by atoms with E-state index in [0.717, 1.165) is 17.7 Å². The minimum absolute atomic E-state index is 0.0738. The lowest BCUT2D eigenvalue weighted by atomic mass is 10.1. The summed E-state index contributed by atoms with van der Waals surface area (Å²) in [5, 5.41) is 10.9. The van der Waals surface area contributed by atoms with Crippen molar-refractivity contribution in [2.75, 3.05) is 6.54 Å². The van der Waals surface area contributed by atoms with Gasteiger partial charge in [0.2, 0.25) is 0 Å². The molecule has 0 bridgehead atoms. The maximum absolute atomic E-state index is 13.0. The Labute approximate surface area is 207 Å². The summed E-state index contributed by atoms with van der Waals surface area (Å²) in [6.07, 6.45) is -1.86. The fraction of sp³-hybridized carbons (Fsp3) is 0.160. The third kappa shape index (κ3) is 5.13. The van der Waals surface area contributed by atoms with E-state index in [2.05, 4.69) is 20.6 Å². The van der Waals surface area contributed by atoms with Crippen LogP contribution in [0.25, 0.3) is 22.4 Å². The molecule has 1 amide bonds. The Morgan fingerprint density at radius 1 is 1.05 bits per heavy atom. The van der Waals surface area contributed by atoms with Gasteiger partial charge < -0.3 is 9.84 Å². The zero-order valence-electron chi connectivity index (χ0n) is 19.1. The summed E-state index contributed by atoms with van der Waals surface area (Å²) >= 11 is 0. The van der Waals surface area contributed by atoms with Crippen LogP contribution in [0.4, 0.5) is 13.2 Å². The molecule has 188 valence electrons. The number of benzene rings is 2. The maximum Gasteiger partial charge on any atom is 0.416 e. The molecular weight excluding hydrogens is 489 g/mol. The number of hydrogen-bond acceptors (Lipinski definition) is 6. The highest BCUT2D eigenvalue weighted by molar-refractivity contribution is 5.93. The molecule has 0 aliphatic rings. The predicted octanol–water partition coefficient (Wildman–Crippen LogP) is 3.75. The van der Waals surface area contributed by atoms with Crippen molar-refractivity contribution in [2.45, 2.75) is 19.3 Å². The molecule has 0 fully saturated rings. The zero-order valence-corrected chi connectivity index (χ0v) is 19.1. The normalized spacial score (nSPS) is 11.6. The Hall–Kier alpha value is -4.74. The summed E-state index contributed by atoms with van der Waals surface area (Å²) in [7, 11) is 0. The van der Waals surface area contributed by atoms with Gasteiger partial charge in [0.25, 0.3) is 11.5 Å². The third-order valence-electron chi connectivity index (χ3n) is 5.64. The van der Waals surface area contributed by atoms with Crippen LogP contribution in [0.15, 0.2) is 82.5 Å². The maximum atomic E-state index is 13.0. The first-order valence-electron chi connectivity index (χ1n) is 11.2. The summed E-state index contributed by atoms with van der Waals surface area (Å²) in [5.41, 5.74) is 0.308. The molecule has 3 heterocycles. The number of aromatic nitrogens is 5. The lowest BCUT2D eigenvalue weighted by molar-refractivity contribution is -0.137. The van der Waals surface area contributed by atoms with Crippen molar-refractivity contribution in [1.82, 2.24) is 29.8 Å². The van der Waals surface area contributed by atoms with Gasteiger partial charge in [0.15, 0.2) is 17.1 Å². The Kier molecular flexibility index (Phi) is 6.30. The second-order valence-corrected chi connectivity index (χ2v) is 8.18. The van der Waals surface area contributed by atoms with E-state index in [1.807, 2.05) is 30.3 Å². The lowest BCUT2D eigenvalue weighted by Gasteiger charge is -2.10. The van der Waals surface area contributed by atoms with E-state index in [-0.39, 0.29) is 30.7 Å². The van der Waals surface area contributed by atoms with Crippen LogP contribution >= 0.6 is 0 Å². The van der Waals surface area contributed by atoms with Crippen molar-refractivity contribution < 1.29 is 22.5 Å². The number of alkyl halides is 3. The molecular formula is C25H19F3N6O3. The highest BCUT2D eigenvalue weighted by Crippen LogP contribution is 2.29. The topological polar surface area (TPSA) is 108 Å². The molecule has 0 spiro atoms. The van der Waals surface area contributed by atoms with E-state index in [9.17, 15) is 22.8 Å². The van der Waals surface area contributed by atoms with Gasteiger partial charge in [-0.05, 0) is 17.7 Å². The van der Waals surface area contributed by atoms with Gasteiger partial charge in [0.05, 0.1) is 24.8 Å². The molecule has 12 heteroatoms. The number of nitrogens with one attached hydrogen (secondary N) is 1. The van der Waals surface area contributed by atoms with Crippen LogP contribution < -0.4 is 10.9 Å². The quantitative estimate of drug-likeness (QED) is 0.359. The molecule has 0 unspecified atom stereocenters. The van der Waals surface area contributed by atoms with Crippen LogP contribution in [0.5, 0.6) is 0 Å². The molecule has 9 nitrogen and oxygen atoms in total. The Morgan fingerprint density at radius 3 is 2.65 bits per heavy atom. The monoisotopic (exact) mass is 508 g/mol. The molecule has 37 heavy (non-hydrogen) atoms. The van der Waals surface area contributed by atoms with Crippen molar-refractivity contribution in [3.05, 3.63) is 100 Å². The third-order valence-corrected chi connectivity index (χ3v) is 5.64. The lowest BCUT2D eigenvalue weighted by Crippen LogP contribution is -2.28. The number of halogens is 3. The van der Waals surface area contributed by atoms with Crippen molar-refractivity contribution in [3.8, 4) is 11.3 Å².